The number of alkyl carbamates (subject to hydrolysis) is 1. The molecule has 0 aromatic rings. The lowest BCUT2D eigenvalue weighted by atomic mass is 10.2. The van der Waals surface area contributed by atoms with Gasteiger partial charge in [-0.1, -0.05) is 0 Å². The highest BCUT2D eigenvalue weighted by molar-refractivity contribution is 6.27. The maximum atomic E-state index is 11.3. The third-order valence-corrected chi connectivity index (χ3v) is 2.53. The monoisotopic (exact) mass is 236 g/mol. The Hall–Kier alpha value is -0.970. The summed E-state index contributed by atoms with van der Waals surface area (Å²) in [6, 6.07) is 0. The van der Waals surface area contributed by atoms with E-state index in [-0.39, 0.29) is 6.42 Å². The molecule has 2 atom stereocenters. The van der Waals surface area contributed by atoms with Crippen LogP contribution in [0.4, 0.5) is 4.79 Å². The lowest BCUT2D eigenvalue weighted by molar-refractivity contribution is -0.140. The van der Waals surface area contributed by atoms with E-state index in [0.29, 0.717) is 0 Å². The molecule has 1 amide bonds. The molecule has 1 aliphatic carbocycles. The van der Waals surface area contributed by atoms with Gasteiger partial charge in [0.15, 0.2) is 0 Å². The van der Waals surface area contributed by atoms with Crippen molar-refractivity contribution in [3.63, 3.8) is 0 Å². The van der Waals surface area contributed by atoms with Crippen molar-refractivity contribution < 1.29 is 19.4 Å². The summed E-state index contributed by atoms with van der Waals surface area (Å²) in [5, 5.41) is 8.84. The fourth-order valence-electron chi connectivity index (χ4n) is 1.13. The number of carbonyl (C=O) groups excluding carboxylic acids is 2. The van der Waals surface area contributed by atoms with Crippen LogP contribution in [0.1, 0.15) is 27.2 Å². The van der Waals surface area contributed by atoms with Gasteiger partial charge in [0.05, 0.1) is 5.38 Å². The number of ether oxygens (including phenoxy) is 1. The van der Waals surface area contributed by atoms with Crippen molar-refractivity contribution in [2.75, 3.05) is 0 Å². The highest BCUT2D eigenvalue weighted by Gasteiger charge is 2.67. The van der Waals surface area contributed by atoms with Crippen molar-refractivity contribution >= 4 is 23.7 Å². The molecule has 0 spiro atoms. The summed E-state index contributed by atoms with van der Waals surface area (Å²) in [5.41, 5.74) is -1.86. The molecule has 15 heavy (non-hydrogen) atoms. The quantitative estimate of drug-likeness (QED) is 0.561. The molecular formula is C9H15ClNO4+. The Balaban J connectivity index is 2.56. The Morgan fingerprint density at radius 2 is 2.00 bits per heavy atom. The third-order valence-electron chi connectivity index (χ3n) is 2.00. The zero-order valence-electron chi connectivity index (χ0n) is 8.89. The molecule has 1 saturated carbocycles. The lowest BCUT2D eigenvalue weighted by Gasteiger charge is -2.20. The molecule has 0 heterocycles. The van der Waals surface area contributed by atoms with Gasteiger partial charge in [-0.2, -0.15) is 0 Å². The third kappa shape index (κ3) is 2.75. The largest absolute Gasteiger partial charge is 0.563 e. The minimum atomic E-state index is -1.23. The van der Waals surface area contributed by atoms with Gasteiger partial charge in [0.25, 0.3) is 0 Å². The van der Waals surface area contributed by atoms with E-state index in [1.54, 1.807) is 20.8 Å². The molecule has 1 fully saturated rings. The first kappa shape index (κ1) is 12.1. The molecule has 0 aromatic carbocycles. The van der Waals surface area contributed by atoms with Gasteiger partial charge in [-0.3, -0.25) is 5.32 Å². The van der Waals surface area contributed by atoms with Crippen LogP contribution < -0.4 is 5.32 Å². The predicted molar refractivity (Wildman–Crippen MR) is 55.0 cm³/mol. The Kier molecular flexibility index (Phi) is 2.87. The molecule has 0 aromatic heterocycles. The van der Waals surface area contributed by atoms with Crippen molar-refractivity contribution in [3.05, 3.63) is 0 Å². The Bertz CT molecular complexity index is 299. The second-order valence-corrected chi connectivity index (χ2v) is 5.13. The van der Waals surface area contributed by atoms with Crippen LogP contribution in [0.15, 0.2) is 0 Å². The SMILES string of the molecule is CC(C)(C)OC(=O)NC1(C(=O)[OH2+])CC1Cl. The molecule has 1 rings (SSSR count). The number of hydrogen-bond acceptors (Lipinski definition) is 3. The summed E-state index contributed by atoms with van der Waals surface area (Å²) < 4.78 is 4.97. The van der Waals surface area contributed by atoms with Crippen LogP contribution in [-0.2, 0) is 9.53 Å². The summed E-state index contributed by atoms with van der Waals surface area (Å²) in [4.78, 5) is 22.3. The molecule has 0 radical (unpaired) electrons. The first-order valence-electron chi connectivity index (χ1n) is 4.59. The molecule has 0 aliphatic heterocycles. The topological polar surface area (TPSA) is 78.3 Å². The minimum absolute atomic E-state index is 0.288. The maximum Gasteiger partial charge on any atom is 0.543 e. The van der Waals surface area contributed by atoms with Crippen LogP contribution in [0.2, 0.25) is 0 Å². The second kappa shape index (κ2) is 3.56. The highest BCUT2D eigenvalue weighted by Crippen LogP contribution is 2.41. The zero-order chi connectivity index (χ0) is 11.9. The van der Waals surface area contributed by atoms with E-state index < -0.39 is 28.6 Å². The summed E-state index contributed by atoms with van der Waals surface area (Å²) in [6.07, 6.45) is -0.429. The molecule has 5 nitrogen and oxygen atoms in total. The first-order valence-corrected chi connectivity index (χ1v) is 5.02. The van der Waals surface area contributed by atoms with Crippen LogP contribution in [0, 0.1) is 0 Å². The van der Waals surface area contributed by atoms with Gasteiger partial charge in [0.1, 0.15) is 5.60 Å². The van der Waals surface area contributed by atoms with Crippen LogP contribution >= 0.6 is 11.6 Å². The van der Waals surface area contributed by atoms with Crippen molar-refractivity contribution in [1.29, 1.82) is 0 Å². The van der Waals surface area contributed by atoms with Gasteiger partial charge in [-0.25, -0.2) is 4.79 Å². The van der Waals surface area contributed by atoms with Crippen molar-refractivity contribution in [1.82, 2.24) is 5.32 Å². The molecule has 2 unspecified atom stereocenters. The molecule has 0 saturated heterocycles. The molecule has 3 N–H and O–H groups in total. The van der Waals surface area contributed by atoms with Crippen molar-refractivity contribution in [2.24, 2.45) is 0 Å². The Morgan fingerprint density at radius 3 is 2.27 bits per heavy atom. The fourth-order valence-corrected chi connectivity index (χ4v) is 1.53. The van der Waals surface area contributed by atoms with Crippen LogP contribution in [0.5, 0.6) is 0 Å². The standard InChI is InChI=1S/C9H14ClNO4/c1-8(2,3)15-7(14)11-9(6(12)13)4-5(9)10/h5H,4H2,1-3H3,(H,11,14)(H,12,13)/p+1. The minimum Gasteiger partial charge on any atom is -0.563 e. The van der Waals surface area contributed by atoms with Gasteiger partial charge in [0.2, 0.25) is 5.54 Å². The van der Waals surface area contributed by atoms with Gasteiger partial charge in [-0.05, 0) is 20.8 Å². The Morgan fingerprint density at radius 1 is 1.53 bits per heavy atom. The maximum absolute atomic E-state index is 11.3. The molecular weight excluding hydrogens is 222 g/mol. The first-order chi connectivity index (χ1) is 6.67. The van der Waals surface area contributed by atoms with E-state index in [2.05, 4.69) is 5.32 Å². The van der Waals surface area contributed by atoms with Gasteiger partial charge in [-0.15, -0.1) is 11.6 Å². The summed E-state index contributed by atoms with van der Waals surface area (Å²) in [5.74, 6) is -0.881. The molecule has 86 valence electrons. The Labute approximate surface area is 92.7 Å². The lowest BCUT2D eigenvalue weighted by Crippen LogP contribution is -2.47. The summed E-state index contributed by atoms with van der Waals surface area (Å²) in [7, 11) is 0. The number of nitrogens with one attached hydrogen (secondary N) is 1. The average Bonchev–Trinajstić information content (AvgIpc) is 2.57. The molecule has 6 heteroatoms. The van der Waals surface area contributed by atoms with Gasteiger partial charge in [0, 0.05) is 11.2 Å². The van der Waals surface area contributed by atoms with Crippen molar-refractivity contribution in [2.45, 2.75) is 43.7 Å². The molecule has 0 bridgehead atoms. The number of amides is 1. The number of hydrogen-bond donors (Lipinski definition) is 1. The smallest absolute Gasteiger partial charge is 0.543 e. The van der Waals surface area contributed by atoms with Crippen LogP contribution in [0.25, 0.3) is 0 Å². The number of carbonyl (C=O) groups is 2. The van der Waals surface area contributed by atoms with E-state index in [1.165, 1.54) is 0 Å². The van der Waals surface area contributed by atoms with E-state index in [1.807, 2.05) is 0 Å². The normalized spacial score (nSPS) is 29.5. The van der Waals surface area contributed by atoms with E-state index >= 15 is 0 Å². The van der Waals surface area contributed by atoms with Gasteiger partial charge >= 0.3 is 12.1 Å². The van der Waals surface area contributed by atoms with Crippen molar-refractivity contribution in [3.8, 4) is 0 Å². The zero-order valence-corrected chi connectivity index (χ0v) is 9.64. The summed E-state index contributed by atoms with van der Waals surface area (Å²) in [6.45, 7) is 5.15. The second-order valence-electron chi connectivity index (χ2n) is 4.60. The van der Waals surface area contributed by atoms with E-state index in [4.69, 9.17) is 21.4 Å². The fraction of sp³-hybridized carbons (Fsp3) is 0.778. The van der Waals surface area contributed by atoms with E-state index in [0.717, 1.165) is 0 Å². The van der Waals surface area contributed by atoms with Crippen LogP contribution in [0.3, 0.4) is 0 Å². The predicted octanol–water partition coefficient (Wildman–Crippen LogP) is 0.512. The van der Waals surface area contributed by atoms with E-state index in [9.17, 15) is 9.59 Å². The summed E-state index contributed by atoms with van der Waals surface area (Å²) >= 11 is 5.71. The highest BCUT2D eigenvalue weighted by atomic mass is 35.5. The number of halogens is 1. The number of rotatable bonds is 2. The van der Waals surface area contributed by atoms with Crippen LogP contribution in [-0.4, -0.2) is 33.7 Å². The number of alkyl halides is 1. The van der Waals surface area contributed by atoms with Gasteiger partial charge < -0.3 is 9.84 Å². The molecule has 1 aliphatic rings. The average molecular weight is 237 g/mol.